The minimum atomic E-state index is -4.32. The lowest BCUT2D eigenvalue weighted by Gasteiger charge is -2.13. The molecule has 1 aliphatic heterocycles. The van der Waals surface area contributed by atoms with E-state index in [2.05, 4.69) is 25.4 Å². The van der Waals surface area contributed by atoms with Gasteiger partial charge in [-0.2, -0.15) is 5.10 Å². The van der Waals surface area contributed by atoms with Crippen LogP contribution < -0.4 is 10.1 Å². The Labute approximate surface area is 232 Å². The Morgan fingerprint density at radius 1 is 1.20 bits per heavy atom. The first-order chi connectivity index (χ1) is 19.0. The van der Waals surface area contributed by atoms with Gasteiger partial charge < -0.3 is 15.0 Å². The van der Waals surface area contributed by atoms with Crippen LogP contribution in [0.5, 0.6) is 5.88 Å². The molecule has 1 fully saturated rings. The predicted molar refractivity (Wildman–Crippen MR) is 141 cm³/mol. The highest BCUT2D eigenvalue weighted by Gasteiger charge is 2.28. The van der Waals surface area contributed by atoms with E-state index < -0.39 is 55.0 Å². The third-order valence-corrected chi connectivity index (χ3v) is 8.54. The molecular weight excluding hydrogens is 571 g/mol. The molecule has 1 atom stereocenters. The number of aromatic amines is 1. The largest absolute Gasteiger partial charge is 0.480 e. The van der Waals surface area contributed by atoms with Crippen molar-refractivity contribution in [2.75, 3.05) is 27.2 Å². The Morgan fingerprint density at radius 3 is 2.67 bits per heavy atom. The number of aromatic nitrogens is 3. The number of halogens is 4. The third-order valence-electron chi connectivity index (χ3n) is 6.68. The van der Waals surface area contributed by atoms with Crippen molar-refractivity contribution >= 4 is 38.2 Å². The number of hydrogen-bond donors (Lipinski definition) is 2. The SMILES string of the molecule is COc1ncc(Cl)cc1S(=O)(=O)Cc1cc(F)cc(-c2ccc3c(C(=O)N[C@H]4CCN(C)C4)[nH]nc3c2F)c1F. The number of likely N-dealkylation sites (N-methyl/N-ethyl adjacent to an activating group) is 1. The number of hydrogen-bond acceptors (Lipinski definition) is 7. The van der Waals surface area contributed by atoms with Gasteiger partial charge in [0.15, 0.2) is 15.7 Å². The van der Waals surface area contributed by atoms with Crippen molar-refractivity contribution in [2.45, 2.75) is 23.1 Å². The molecule has 40 heavy (non-hydrogen) atoms. The van der Waals surface area contributed by atoms with E-state index in [1.807, 2.05) is 7.05 Å². The average Bonchev–Trinajstić information content (AvgIpc) is 3.52. The minimum absolute atomic E-state index is 0.00205. The second-order valence-electron chi connectivity index (χ2n) is 9.49. The molecule has 0 radical (unpaired) electrons. The van der Waals surface area contributed by atoms with Crippen LogP contribution in [0.1, 0.15) is 22.5 Å². The van der Waals surface area contributed by atoms with Gasteiger partial charge in [0.1, 0.15) is 27.7 Å². The van der Waals surface area contributed by atoms with E-state index in [4.69, 9.17) is 16.3 Å². The van der Waals surface area contributed by atoms with Gasteiger partial charge >= 0.3 is 0 Å². The summed E-state index contributed by atoms with van der Waals surface area (Å²) in [6.07, 6.45) is 1.95. The van der Waals surface area contributed by atoms with Crippen molar-refractivity contribution in [3.05, 3.63) is 70.3 Å². The molecule has 1 aliphatic rings. The lowest BCUT2D eigenvalue weighted by Crippen LogP contribution is -2.36. The number of carbonyl (C=O) groups excluding carboxylic acids is 1. The van der Waals surface area contributed by atoms with Crippen molar-refractivity contribution in [3.8, 4) is 17.0 Å². The van der Waals surface area contributed by atoms with Crippen LogP contribution in [0.3, 0.4) is 0 Å². The Bertz CT molecular complexity index is 1750. The fraction of sp³-hybridized carbons (Fsp3) is 0.269. The molecule has 0 aliphatic carbocycles. The number of likely N-dealkylation sites (tertiary alicyclic amines) is 1. The van der Waals surface area contributed by atoms with Crippen molar-refractivity contribution in [1.82, 2.24) is 25.4 Å². The van der Waals surface area contributed by atoms with Crippen molar-refractivity contribution in [3.63, 3.8) is 0 Å². The molecule has 5 rings (SSSR count). The normalized spacial score (nSPS) is 16.0. The number of H-pyrrole nitrogens is 1. The lowest BCUT2D eigenvalue weighted by molar-refractivity contribution is 0.0935. The number of amides is 1. The molecule has 0 bridgehead atoms. The van der Waals surface area contributed by atoms with E-state index in [1.165, 1.54) is 25.4 Å². The highest BCUT2D eigenvalue weighted by Crippen LogP contribution is 2.35. The van der Waals surface area contributed by atoms with Gasteiger partial charge in [0.2, 0.25) is 5.88 Å². The summed E-state index contributed by atoms with van der Waals surface area (Å²) in [5.41, 5.74) is -1.63. The van der Waals surface area contributed by atoms with E-state index in [0.29, 0.717) is 12.6 Å². The molecule has 210 valence electrons. The zero-order chi connectivity index (χ0) is 28.8. The smallest absolute Gasteiger partial charge is 0.270 e. The molecule has 2 aromatic heterocycles. The molecule has 0 spiro atoms. The fourth-order valence-corrected chi connectivity index (χ4v) is 6.46. The Morgan fingerprint density at radius 2 is 1.98 bits per heavy atom. The first kappa shape index (κ1) is 27.9. The number of methoxy groups -OCH3 is 1. The van der Waals surface area contributed by atoms with Gasteiger partial charge in [-0.3, -0.25) is 9.89 Å². The van der Waals surface area contributed by atoms with E-state index in [9.17, 15) is 17.6 Å². The second kappa shape index (κ2) is 10.7. The molecule has 0 unspecified atom stereocenters. The van der Waals surface area contributed by atoms with Gasteiger partial charge in [0.05, 0.1) is 17.9 Å². The fourth-order valence-electron chi connectivity index (χ4n) is 4.75. The van der Waals surface area contributed by atoms with E-state index in [-0.39, 0.29) is 39.1 Å². The maximum atomic E-state index is 15.7. The summed E-state index contributed by atoms with van der Waals surface area (Å²) in [5, 5.41) is 9.46. The van der Waals surface area contributed by atoms with Crippen molar-refractivity contribution in [2.24, 2.45) is 0 Å². The number of nitrogens with one attached hydrogen (secondary N) is 2. The van der Waals surface area contributed by atoms with Crippen LogP contribution in [0.2, 0.25) is 5.02 Å². The lowest BCUT2D eigenvalue weighted by atomic mass is 9.99. The highest BCUT2D eigenvalue weighted by molar-refractivity contribution is 7.90. The van der Waals surface area contributed by atoms with Crippen LogP contribution in [0.4, 0.5) is 13.2 Å². The number of benzene rings is 2. The maximum absolute atomic E-state index is 15.7. The van der Waals surface area contributed by atoms with Crippen LogP contribution in [-0.2, 0) is 15.6 Å². The van der Waals surface area contributed by atoms with E-state index in [0.717, 1.165) is 25.1 Å². The summed E-state index contributed by atoms with van der Waals surface area (Å²) in [6, 6.07) is 5.05. The van der Waals surface area contributed by atoms with Crippen LogP contribution in [-0.4, -0.2) is 67.7 Å². The maximum Gasteiger partial charge on any atom is 0.270 e. The number of carbonyl (C=O) groups is 1. The first-order valence-corrected chi connectivity index (χ1v) is 14.1. The predicted octanol–water partition coefficient (Wildman–Crippen LogP) is 4.11. The molecule has 2 N–H and O–H groups in total. The van der Waals surface area contributed by atoms with Crippen molar-refractivity contribution in [1.29, 1.82) is 0 Å². The standard InChI is InChI=1S/C26H23ClF3N5O4S/c1-35-6-5-16(11-35)32-25(36)24-18-4-3-17(22(30)23(18)33-34-24)19-9-15(28)7-13(21(19)29)12-40(37,38)20-8-14(27)10-31-26(20)39-2/h3-4,7-10,16H,5-6,11-12H2,1-2H3,(H,32,36)(H,33,34)/t16-/m0/s1. The Kier molecular flexibility index (Phi) is 7.46. The third kappa shape index (κ3) is 5.23. The van der Waals surface area contributed by atoms with E-state index >= 15 is 8.78 Å². The monoisotopic (exact) mass is 593 g/mol. The summed E-state index contributed by atoms with van der Waals surface area (Å²) in [4.78, 5) is 18.3. The summed E-state index contributed by atoms with van der Waals surface area (Å²) < 4.78 is 77.1. The van der Waals surface area contributed by atoms with Crippen LogP contribution in [0.15, 0.2) is 41.4 Å². The number of fused-ring (bicyclic) bond motifs is 1. The molecular formula is C26H23ClF3N5O4S. The van der Waals surface area contributed by atoms with Crippen LogP contribution in [0, 0.1) is 17.5 Å². The summed E-state index contributed by atoms with van der Waals surface area (Å²) in [6.45, 7) is 1.51. The van der Waals surface area contributed by atoms with Gasteiger partial charge in [-0.05, 0) is 44.3 Å². The average molecular weight is 594 g/mol. The minimum Gasteiger partial charge on any atom is -0.480 e. The van der Waals surface area contributed by atoms with Gasteiger partial charge in [0, 0.05) is 40.9 Å². The number of pyridine rings is 1. The van der Waals surface area contributed by atoms with Gasteiger partial charge in [-0.1, -0.05) is 17.7 Å². The topological polar surface area (TPSA) is 117 Å². The van der Waals surface area contributed by atoms with Gasteiger partial charge in [-0.15, -0.1) is 0 Å². The molecule has 4 aromatic rings. The van der Waals surface area contributed by atoms with Crippen molar-refractivity contribution < 1.29 is 31.1 Å². The number of rotatable bonds is 7. The molecule has 2 aromatic carbocycles. The quantitative estimate of drug-likeness (QED) is 0.331. The highest BCUT2D eigenvalue weighted by atomic mass is 35.5. The molecule has 1 amide bonds. The van der Waals surface area contributed by atoms with Crippen LogP contribution in [0.25, 0.3) is 22.0 Å². The molecule has 3 heterocycles. The van der Waals surface area contributed by atoms with Crippen LogP contribution >= 0.6 is 11.6 Å². The summed E-state index contributed by atoms with van der Waals surface area (Å²) >= 11 is 5.89. The zero-order valence-electron chi connectivity index (χ0n) is 21.3. The zero-order valence-corrected chi connectivity index (χ0v) is 22.8. The Hall–Kier alpha value is -3.68. The number of ether oxygens (including phenoxy) is 1. The second-order valence-corrected chi connectivity index (χ2v) is 11.9. The first-order valence-electron chi connectivity index (χ1n) is 12.0. The number of sulfone groups is 1. The molecule has 1 saturated heterocycles. The molecule has 14 heteroatoms. The summed E-state index contributed by atoms with van der Waals surface area (Å²) in [7, 11) is -1.18. The summed E-state index contributed by atoms with van der Waals surface area (Å²) in [5.74, 6) is -4.85. The van der Waals surface area contributed by atoms with Gasteiger partial charge in [-0.25, -0.2) is 26.6 Å². The van der Waals surface area contributed by atoms with E-state index in [1.54, 1.807) is 0 Å². The molecule has 0 saturated carbocycles. The molecule has 9 nitrogen and oxygen atoms in total. The Balaban J connectivity index is 1.50. The van der Waals surface area contributed by atoms with Gasteiger partial charge in [0.25, 0.3) is 5.91 Å². The number of nitrogens with zero attached hydrogens (tertiary/aromatic N) is 3.